The molecule has 120 valence electrons. The zero-order chi connectivity index (χ0) is 17.0. The van der Waals surface area contributed by atoms with E-state index in [2.05, 4.69) is 0 Å². The van der Waals surface area contributed by atoms with Crippen molar-refractivity contribution in [3.8, 4) is 5.75 Å². The number of Topliss-reactive ketones (excluding diaryl/α,β-unsaturated/α-hetero) is 1. The molecule has 0 amide bonds. The van der Waals surface area contributed by atoms with Gasteiger partial charge in [0.2, 0.25) is 5.78 Å². The Morgan fingerprint density at radius 2 is 1.71 bits per heavy atom. The molecule has 0 aliphatic carbocycles. The van der Waals surface area contributed by atoms with Crippen LogP contribution in [0, 0.1) is 20.8 Å². The van der Waals surface area contributed by atoms with Gasteiger partial charge in [-0.25, -0.2) is 4.79 Å². The normalized spacial score (nSPS) is 16.3. The van der Waals surface area contributed by atoms with Crippen LogP contribution in [-0.2, 0) is 0 Å². The first-order valence-corrected chi connectivity index (χ1v) is 7.82. The van der Waals surface area contributed by atoms with Crippen molar-refractivity contribution in [3.63, 3.8) is 0 Å². The summed E-state index contributed by atoms with van der Waals surface area (Å²) in [6.45, 7) is 5.84. The van der Waals surface area contributed by atoms with Crippen LogP contribution >= 0.6 is 0 Å². The predicted octanol–water partition coefficient (Wildman–Crippen LogP) is 4.03. The van der Waals surface area contributed by atoms with Gasteiger partial charge in [0.25, 0.3) is 0 Å². The first-order chi connectivity index (χ1) is 11.5. The molecule has 0 fully saturated rings. The van der Waals surface area contributed by atoms with Gasteiger partial charge in [0.1, 0.15) is 11.3 Å². The van der Waals surface area contributed by atoms with Gasteiger partial charge in [-0.1, -0.05) is 18.2 Å². The third-order valence-electron chi connectivity index (χ3n) is 4.67. The fourth-order valence-electron chi connectivity index (χ4n) is 3.37. The van der Waals surface area contributed by atoms with Crippen molar-refractivity contribution in [2.45, 2.75) is 26.9 Å². The Morgan fingerprint density at radius 3 is 2.46 bits per heavy atom. The zero-order valence-corrected chi connectivity index (χ0v) is 13.7. The first kappa shape index (κ1) is 14.7. The summed E-state index contributed by atoms with van der Waals surface area (Å²) in [5.41, 5.74) is 4.08. The van der Waals surface area contributed by atoms with Crippen LogP contribution in [0.5, 0.6) is 5.75 Å². The molecule has 0 bridgehead atoms. The molecule has 24 heavy (non-hydrogen) atoms. The molecule has 0 saturated heterocycles. The molecule has 2 aromatic carbocycles. The maximum absolute atomic E-state index is 12.8. The van der Waals surface area contributed by atoms with E-state index in [0.717, 1.165) is 22.1 Å². The average molecular weight is 320 g/mol. The Kier molecular flexibility index (Phi) is 3.10. The summed E-state index contributed by atoms with van der Waals surface area (Å²) in [7, 11) is 0. The van der Waals surface area contributed by atoms with Crippen LogP contribution in [-0.4, -0.2) is 5.78 Å². The molecule has 1 atom stereocenters. The van der Waals surface area contributed by atoms with Crippen molar-refractivity contribution in [1.29, 1.82) is 0 Å². The van der Waals surface area contributed by atoms with E-state index in [9.17, 15) is 9.59 Å². The molecule has 3 aromatic rings. The summed E-state index contributed by atoms with van der Waals surface area (Å²) >= 11 is 0. The maximum atomic E-state index is 12.8. The number of ether oxygens (including phenoxy) is 1. The second kappa shape index (κ2) is 5.06. The molecular formula is C20H16O4. The number of para-hydroxylation sites is 1. The number of hydrogen-bond acceptors (Lipinski definition) is 4. The molecule has 2 heterocycles. The SMILES string of the molecule is Cc1cc(C)c2c([C@H]3Oc4ccccc4C3=O)cc(=O)oc2c1C. The Balaban J connectivity index is 2.01. The van der Waals surface area contributed by atoms with E-state index >= 15 is 0 Å². The van der Waals surface area contributed by atoms with Crippen LogP contribution in [0.2, 0.25) is 0 Å². The largest absolute Gasteiger partial charge is 0.477 e. The van der Waals surface area contributed by atoms with Crippen molar-refractivity contribution >= 4 is 16.8 Å². The van der Waals surface area contributed by atoms with Gasteiger partial charge in [-0.15, -0.1) is 0 Å². The summed E-state index contributed by atoms with van der Waals surface area (Å²) in [6.07, 6.45) is -0.810. The highest BCUT2D eigenvalue weighted by Crippen LogP contribution is 2.39. The molecule has 4 rings (SSSR count). The van der Waals surface area contributed by atoms with Crippen molar-refractivity contribution in [2.24, 2.45) is 0 Å². The molecule has 1 aliphatic heterocycles. The molecule has 0 radical (unpaired) electrons. The number of hydrogen-bond donors (Lipinski definition) is 0. The molecule has 0 spiro atoms. The highest BCUT2D eigenvalue weighted by Gasteiger charge is 2.35. The summed E-state index contributed by atoms with van der Waals surface area (Å²) in [4.78, 5) is 24.8. The minimum absolute atomic E-state index is 0.130. The third kappa shape index (κ3) is 1.99. The van der Waals surface area contributed by atoms with Crippen LogP contribution in [0.3, 0.4) is 0 Å². The van der Waals surface area contributed by atoms with Crippen molar-refractivity contribution in [2.75, 3.05) is 0 Å². The smallest absolute Gasteiger partial charge is 0.336 e. The Bertz CT molecular complexity index is 1060. The van der Waals surface area contributed by atoms with Crippen LogP contribution in [0.1, 0.15) is 38.7 Å². The Labute approximate surface area is 138 Å². The van der Waals surface area contributed by atoms with Crippen molar-refractivity contribution in [3.05, 3.63) is 74.6 Å². The summed E-state index contributed by atoms with van der Waals surface area (Å²) < 4.78 is 11.3. The summed E-state index contributed by atoms with van der Waals surface area (Å²) in [6, 6.07) is 10.5. The minimum Gasteiger partial charge on any atom is -0.477 e. The van der Waals surface area contributed by atoms with E-state index in [0.29, 0.717) is 22.5 Å². The molecule has 1 aromatic heterocycles. The lowest BCUT2D eigenvalue weighted by atomic mass is 9.94. The van der Waals surface area contributed by atoms with E-state index in [4.69, 9.17) is 9.15 Å². The predicted molar refractivity (Wildman–Crippen MR) is 90.8 cm³/mol. The third-order valence-corrected chi connectivity index (χ3v) is 4.67. The highest BCUT2D eigenvalue weighted by molar-refractivity contribution is 6.07. The van der Waals surface area contributed by atoms with Gasteiger partial charge in [-0.05, 0) is 49.6 Å². The van der Waals surface area contributed by atoms with Gasteiger partial charge in [-0.3, -0.25) is 4.79 Å². The molecule has 0 N–H and O–H groups in total. The zero-order valence-electron chi connectivity index (χ0n) is 13.7. The van der Waals surface area contributed by atoms with Crippen LogP contribution < -0.4 is 10.4 Å². The van der Waals surface area contributed by atoms with Gasteiger partial charge in [0.15, 0.2) is 6.10 Å². The van der Waals surface area contributed by atoms with E-state index in [1.165, 1.54) is 6.07 Å². The van der Waals surface area contributed by atoms with Crippen LogP contribution in [0.4, 0.5) is 0 Å². The standard InChI is InChI=1S/C20H16O4/c1-10-8-11(2)17-14(9-16(21)24-19(17)12(10)3)20-18(22)13-6-4-5-7-15(13)23-20/h4-9,20H,1-3H3/t20-/m1/s1. The number of rotatable bonds is 1. The van der Waals surface area contributed by atoms with Gasteiger partial charge in [0, 0.05) is 17.0 Å². The minimum atomic E-state index is -0.810. The van der Waals surface area contributed by atoms with Gasteiger partial charge in [-0.2, -0.15) is 0 Å². The highest BCUT2D eigenvalue weighted by atomic mass is 16.5. The monoisotopic (exact) mass is 320 g/mol. The van der Waals surface area contributed by atoms with Gasteiger partial charge in [0.05, 0.1) is 5.56 Å². The Hall–Kier alpha value is -2.88. The van der Waals surface area contributed by atoms with Crippen molar-refractivity contribution in [1.82, 2.24) is 0 Å². The van der Waals surface area contributed by atoms with Crippen LogP contribution in [0.25, 0.3) is 11.0 Å². The lowest BCUT2D eigenvalue weighted by Crippen LogP contribution is -2.15. The average Bonchev–Trinajstić information content (AvgIpc) is 2.89. The topological polar surface area (TPSA) is 56.5 Å². The van der Waals surface area contributed by atoms with Gasteiger partial charge >= 0.3 is 5.63 Å². The van der Waals surface area contributed by atoms with E-state index in [1.807, 2.05) is 32.9 Å². The number of ketones is 1. The molecule has 1 aliphatic rings. The molecule has 4 heteroatoms. The van der Waals surface area contributed by atoms with Gasteiger partial charge < -0.3 is 9.15 Å². The summed E-state index contributed by atoms with van der Waals surface area (Å²) in [5, 5.41) is 0.781. The number of aryl methyl sites for hydroxylation is 3. The van der Waals surface area contributed by atoms with E-state index < -0.39 is 11.7 Å². The maximum Gasteiger partial charge on any atom is 0.336 e. The lowest BCUT2D eigenvalue weighted by molar-refractivity contribution is 0.0859. The summed E-state index contributed by atoms with van der Waals surface area (Å²) in [5.74, 6) is 0.422. The lowest BCUT2D eigenvalue weighted by Gasteiger charge is -2.15. The molecule has 0 saturated carbocycles. The quantitative estimate of drug-likeness (QED) is 0.635. The second-order valence-corrected chi connectivity index (χ2v) is 6.22. The number of carbonyl (C=O) groups excluding carboxylic acids is 1. The number of fused-ring (bicyclic) bond motifs is 2. The molecular weight excluding hydrogens is 304 g/mol. The van der Waals surface area contributed by atoms with Crippen molar-refractivity contribution < 1.29 is 13.9 Å². The van der Waals surface area contributed by atoms with E-state index in [1.54, 1.807) is 18.2 Å². The second-order valence-electron chi connectivity index (χ2n) is 6.22. The van der Waals surface area contributed by atoms with Crippen LogP contribution in [0.15, 0.2) is 45.6 Å². The number of carbonyl (C=O) groups is 1. The fourth-order valence-corrected chi connectivity index (χ4v) is 3.37. The molecule has 4 nitrogen and oxygen atoms in total. The molecule has 0 unspecified atom stereocenters. The Morgan fingerprint density at radius 1 is 0.958 bits per heavy atom. The van der Waals surface area contributed by atoms with E-state index in [-0.39, 0.29) is 5.78 Å². The fraction of sp³-hybridized carbons (Fsp3) is 0.200. The number of benzene rings is 2. The first-order valence-electron chi connectivity index (χ1n) is 7.82.